The molecule has 0 aromatic rings. The van der Waals surface area contributed by atoms with Crippen molar-refractivity contribution in [3.63, 3.8) is 0 Å². The first-order valence-electron chi connectivity index (χ1n) is 6.40. The van der Waals surface area contributed by atoms with Crippen molar-refractivity contribution in [2.24, 2.45) is 0 Å². The molecule has 0 radical (unpaired) electrons. The molecule has 3 rings (SSSR count). The molecule has 0 N–H and O–H groups in total. The minimum Gasteiger partial charge on any atom is -0.425 e. The Morgan fingerprint density at radius 1 is 0.824 bits per heavy atom. The molecule has 2 atom stereocenters. The number of carbonyl (C=O) groups excluding carboxylic acids is 1. The third-order valence-corrected chi connectivity index (χ3v) is 3.75. The lowest BCUT2D eigenvalue weighted by molar-refractivity contribution is -0.431. The van der Waals surface area contributed by atoms with Gasteiger partial charge >= 0.3 is 5.97 Å². The number of hydrogen-bond acceptors (Lipinski definition) is 5. The average Bonchev–Trinajstić information content (AvgIpc) is 2.37. The van der Waals surface area contributed by atoms with Gasteiger partial charge in [-0.1, -0.05) is 0 Å². The Hall–Kier alpha value is -0.650. The summed E-state index contributed by atoms with van der Waals surface area (Å²) in [6.45, 7) is 1.20. The minimum atomic E-state index is -0.999. The van der Waals surface area contributed by atoms with Gasteiger partial charge in [0.05, 0.1) is 13.2 Å². The Morgan fingerprint density at radius 3 is 2.06 bits per heavy atom. The predicted octanol–water partition coefficient (Wildman–Crippen LogP) is 1.35. The Balaban J connectivity index is 1.90. The van der Waals surface area contributed by atoms with Gasteiger partial charge in [0, 0.05) is 12.8 Å². The molecule has 5 nitrogen and oxygen atoms in total. The first-order valence-corrected chi connectivity index (χ1v) is 6.40. The summed E-state index contributed by atoms with van der Waals surface area (Å²) < 4.78 is 22.8. The van der Waals surface area contributed by atoms with Crippen molar-refractivity contribution in [3.05, 3.63) is 0 Å². The number of hydrogen-bond donors (Lipinski definition) is 0. The molecule has 0 saturated carbocycles. The van der Waals surface area contributed by atoms with E-state index in [0.29, 0.717) is 19.6 Å². The van der Waals surface area contributed by atoms with E-state index in [4.69, 9.17) is 18.9 Å². The summed E-state index contributed by atoms with van der Waals surface area (Å²) in [5.74, 6) is -2.22. The molecule has 0 aliphatic carbocycles. The highest BCUT2D eigenvalue weighted by Gasteiger charge is 2.62. The van der Waals surface area contributed by atoms with E-state index in [9.17, 15) is 4.79 Å². The summed E-state index contributed by atoms with van der Waals surface area (Å²) in [4.78, 5) is 11.5. The van der Waals surface area contributed by atoms with Gasteiger partial charge in [-0.05, 0) is 25.7 Å². The van der Waals surface area contributed by atoms with Gasteiger partial charge in [-0.3, -0.25) is 0 Å². The molecule has 96 valence electrons. The smallest absolute Gasteiger partial charge is 0.334 e. The largest absolute Gasteiger partial charge is 0.425 e. The van der Waals surface area contributed by atoms with Crippen LogP contribution in [-0.2, 0) is 23.7 Å². The molecule has 3 fully saturated rings. The van der Waals surface area contributed by atoms with Gasteiger partial charge in [0.25, 0.3) is 5.79 Å². The molecule has 3 aliphatic heterocycles. The third-order valence-electron chi connectivity index (χ3n) is 3.75. The zero-order valence-electron chi connectivity index (χ0n) is 9.91. The third kappa shape index (κ3) is 1.77. The van der Waals surface area contributed by atoms with E-state index >= 15 is 0 Å². The molecule has 2 spiro atoms. The average molecular weight is 242 g/mol. The quantitative estimate of drug-likeness (QED) is 0.600. The maximum Gasteiger partial charge on any atom is 0.334 e. The van der Waals surface area contributed by atoms with Crippen LogP contribution in [0.5, 0.6) is 0 Å². The van der Waals surface area contributed by atoms with Gasteiger partial charge in [-0.15, -0.1) is 0 Å². The molecular weight excluding hydrogens is 224 g/mol. The van der Waals surface area contributed by atoms with Crippen LogP contribution in [0.15, 0.2) is 0 Å². The van der Waals surface area contributed by atoms with Crippen molar-refractivity contribution < 1.29 is 23.7 Å². The number of ether oxygens (including phenoxy) is 4. The summed E-state index contributed by atoms with van der Waals surface area (Å²) in [5, 5.41) is 0. The van der Waals surface area contributed by atoms with E-state index in [2.05, 4.69) is 0 Å². The monoisotopic (exact) mass is 242 g/mol. The zero-order chi connectivity index (χ0) is 11.8. The van der Waals surface area contributed by atoms with Crippen LogP contribution >= 0.6 is 0 Å². The van der Waals surface area contributed by atoms with Crippen molar-refractivity contribution in [3.8, 4) is 0 Å². The van der Waals surface area contributed by atoms with Crippen LogP contribution in [0, 0.1) is 0 Å². The normalized spacial score (nSPS) is 42.7. The molecule has 2 unspecified atom stereocenters. The number of esters is 1. The van der Waals surface area contributed by atoms with E-state index < -0.39 is 11.6 Å². The second-order valence-corrected chi connectivity index (χ2v) is 4.88. The van der Waals surface area contributed by atoms with Crippen molar-refractivity contribution in [2.75, 3.05) is 19.8 Å². The molecule has 0 aromatic heterocycles. The predicted molar refractivity (Wildman–Crippen MR) is 57.1 cm³/mol. The lowest BCUT2D eigenvalue weighted by Gasteiger charge is -2.52. The molecule has 3 heterocycles. The highest BCUT2D eigenvalue weighted by atomic mass is 16.8. The van der Waals surface area contributed by atoms with Crippen LogP contribution in [-0.4, -0.2) is 37.4 Å². The minimum absolute atomic E-state index is 0.0366. The number of rotatable bonds is 0. The Bertz CT molecular complexity index is 302. The van der Waals surface area contributed by atoms with E-state index in [-0.39, 0.29) is 12.6 Å². The SMILES string of the molecule is O=C1COC2(CCCCO2)C2(CCCCO2)O1. The van der Waals surface area contributed by atoms with Crippen LogP contribution < -0.4 is 0 Å². The van der Waals surface area contributed by atoms with Crippen LogP contribution in [0.1, 0.15) is 38.5 Å². The van der Waals surface area contributed by atoms with Gasteiger partial charge in [0.15, 0.2) is 0 Å². The van der Waals surface area contributed by atoms with Crippen molar-refractivity contribution in [1.82, 2.24) is 0 Å². The number of carbonyl (C=O) groups is 1. The van der Waals surface area contributed by atoms with Gasteiger partial charge in [0.1, 0.15) is 6.61 Å². The number of fused-ring (bicyclic) bond motifs is 1. The summed E-state index contributed by atoms with van der Waals surface area (Å²) in [6.07, 6.45) is 5.41. The lowest BCUT2D eigenvalue weighted by Crippen LogP contribution is -2.67. The molecular formula is C12H18O5. The van der Waals surface area contributed by atoms with Crippen LogP contribution in [0.3, 0.4) is 0 Å². The van der Waals surface area contributed by atoms with E-state index in [1.165, 1.54) is 0 Å². The molecule has 17 heavy (non-hydrogen) atoms. The zero-order valence-corrected chi connectivity index (χ0v) is 9.91. The standard InChI is InChI=1S/C12H18O5/c13-10-9-16-11(5-1-3-7-14-11)12(17-10)6-2-4-8-15-12/h1-9H2. The van der Waals surface area contributed by atoms with Crippen molar-refractivity contribution in [2.45, 2.75) is 50.1 Å². The summed E-state index contributed by atoms with van der Waals surface area (Å²) >= 11 is 0. The maximum atomic E-state index is 11.5. The molecule has 0 bridgehead atoms. The highest BCUT2D eigenvalue weighted by Crippen LogP contribution is 2.46. The summed E-state index contributed by atoms with van der Waals surface area (Å²) in [5.41, 5.74) is 0. The summed E-state index contributed by atoms with van der Waals surface area (Å²) in [7, 11) is 0. The first kappa shape index (κ1) is 11.4. The van der Waals surface area contributed by atoms with E-state index in [1.54, 1.807) is 0 Å². The Kier molecular flexibility index (Phi) is 2.84. The van der Waals surface area contributed by atoms with Crippen LogP contribution in [0.25, 0.3) is 0 Å². The van der Waals surface area contributed by atoms with Gasteiger partial charge in [-0.2, -0.15) is 0 Å². The van der Waals surface area contributed by atoms with Gasteiger partial charge < -0.3 is 18.9 Å². The van der Waals surface area contributed by atoms with E-state index in [1.807, 2.05) is 0 Å². The fourth-order valence-electron chi connectivity index (χ4n) is 2.91. The molecule has 5 heteroatoms. The molecule has 0 amide bonds. The Labute approximate surface area is 100 Å². The molecule has 3 saturated heterocycles. The van der Waals surface area contributed by atoms with Gasteiger partial charge in [0.2, 0.25) is 5.79 Å². The fourth-order valence-corrected chi connectivity index (χ4v) is 2.91. The molecule has 3 aliphatic rings. The lowest BCUT2D eigenvalue weighted by atomic mass is 9.90. The second kappa shape index (κ2) is 4.23. The fraction of sp³-hybridized carbons (Fsp3) is 0.917. The van der Waals surface area contributed by atoms with E-state index in [0.717, 1.165) is 32.1 Å². The van der Waals surface area contributed by atoms with Crippen LogP contribution in [0.2, 0.25) is 0 Å². The maximum absolute atomic E-state index is 11.5. The van der Waals surface area contributed by atoms with Crippen molar-refractivity contribution >= 4 is 5.97 Å². The first-order chi connectivity index (χ1) is 8.27. The topological polar surface area (TPSA) is 54.0 Å². The second-order valence-electron chi connectivity index (χ2n) is 4.88. The summed E-state index contributed by atoms with van der Waals surface area (Å²) in [6, 6.07) is 0. The Morgan fingerprint density at radius 2 is 1.47 bits per heavy atom. The van der Waals surface area contributed by atoms with Gasteiger partial charge in [-0.25, -0.2) is 4.79 Å². The van der Waals surface area contributed by atoms with Crippen LogP contribution in [0.4, 0.5) is 0 Å². The van der Waals surface area contributed by atoms with Crippen molar-refractivity contribution in [1.29, 1.82) is 0 Å². The molecule has 0 aromatic carbocycles. The highest BCUT2D eigenvalue weighted by molar-refractivity contribution is 5.72.